The van der Waals surface area contributed by atoms with Crippen LogP contribution >= 0.6 is 22.9 Å². The number of ether oxygens (including phenoxy) is 2. The molecule has 0 aliphatic heterocycles. The zero-order chi connectivity index (χ0) is 18.4. The molecule has 1 aromatic heterocycles. The van der Waals surface area contributed by atoms with Crippen LogP contribution in [0.1, 0.15) is 16.8 Å². The van der Waals surface area contributed by atoms with Gasteiger partial charge in [0.05, 0.1) is 19.0 Å². The first-order valence-electron chi connectivity index (χ1n) is 7.91. The highest BCUT2D eigenvalue weighted by Gasteiger charge is 2.10. The molecule has 0 unspecified atom stereocenters. The number of nitrogens with one attached hydrogen (secondary N) is 1. The van der Waals surface area contributed by atoms with Crippen molar-refractivity contribution < 1.29 is 9.47 Å². The SMILES string of the molecule is COc1cccc(C=NNc2nc(C)cs2)c1OCc1cccc(Cl)c1. The number of aryl methyl sites for hydroxylation is 1. The number of hydrazone groups is 1. The molecule has 1 heterocycles. The van der Waals surface area contributed by atoms with E-state index in [2.05, 4.69) is 15.5 Å². The predicted octanol–water partition coefficient (Wildman–Crippen LogP) is 5.14. The van der Waals surface area contributed by atoms with Gasteiger partial charge in [0.2, 0.25) is 5.13 Å². The van der Waals surface area contributed by atoms with Gasteiger partial charge >= 0.3 is 0 Å². The Morgan fingerprint density at radius 1 is 1.27 bits per heavy atom. The standard InChI is InChI=1S/C19H18ClN3O2S/c1-13-12-26-19(22-13)23-21-10-15-6-4-8-17(24-2)18(15)25-11-14-5-3-7-16(20)9-14/h3-10,12H,11H2,1-2H3,(H,22,23). The summed E-state index contributed by atoms with van der Waals surface area (Å²) >= 11 is 7.53. The van der Waals surface area contributed by atoms with E-state index < -0.39 is 0 Å². The van der Waals surface area contributed by atoms with Crippen LogP contribution in [0.4, 0.5) is 5.13 Å². The van der Waals surface area contributed by atoms with Crippen molar-refractivity contribution in [1.29, 1.82) is 0 Å². The van der Waals surface area contributed by atoms with Crippen molar-refractivity contribution in [2.45, 2.75) is 13.5 Å². The third-order valence-electron chi connectivity index (χ3n) is 3.48. The zero-order valence-corrected chi connectivity index (χ0v) is 16.0. The highest BCUT2D eigenvalue weighted by Crippen LogP contribution is 2.31. The molecule has 134 valence electrons. The van der Waals surface area contributed by atoms with E-state index in [4.69, 9.17) is 21.1 Å². The van der Waals surface area contributed by atoms with E-state index >= 15 is 0 Å². The predicted molar refractivity (Wildman–Crippen MR) is 107 cm³/mol. The Bertz CT molecular complexity index is 911. The molecule has 0 spiro atoms. The summed E-state index contributed by atoms with van der Waals surface area (Å²) in [6, 6.07) is 13.2. The van der Waals surface area contributed by atoms with Gasteiger partial charge in [-0.2, -0.15) is 5.10 Å². The van der Waals surface area contributed by atoms with Crippen LogP contribution in [0.2, 0.25) is 5.02 Å². The van der Waals surface area contributed by atoms with Crippen LogP contribution in [0.15, 0.2) is 52.9 Å². The normalized spacial score (nSPS) is 10.9. The van der Waals surface area contributed by atoms with Crippen LogP contribution in [-0.2, 0) is 6.61 Å². The maximum absolute atomic E-state index is 6.03. The van der Waals surface area contributed by atoms with Gasteiger partial charge in [-0.3, -0.25) is 5.43 Å². The lowest BCUT2D eigenvalue weighted by molar-refractivity contribution is 0.284. The molecule has 26 heavy (non-hydrogen) atoms. The molecular formula is C19H18ClN3O2S. The first-order chi connectivity index (χ1) is 12.7. The van der Waals surface area contributed by atoms with E-state index in [1.54, 1.807) is 13.3 Å². The molecule has 5 nitrogen and oxygen atoms in total. The molecule has 0 radical (unpaired) electrons. The molecule has 0 aliphatic rings. The van der Waals surface area contributed by atoms with Gasteiger partial charge in [-0.15, -0.1) is 11.3 Å². The van der Waals surface area contributed by atoms with Gasteiger partial charge in [0.1, 0.15) is 6.61 Å². The Morgan fingerprint density at radius 3 is 2.85 bits per heavy atom. The van der Waals surface area contributed by atoms with Gasteiger partial charge in [0.25, 0.3) is 0 Å². The number of halogens is 1. The quantitative estimate of drug-likeness (QED) is 0.450. The molecule has 3 rings (SSSR count). The highest BCUT2D eigenvalue weighted by atomic mass is 35.5. The fraction of sp³-hybridized carbons (Fsp3) is 0.158. The van der Waals surface area contributed by atoms with Crippen LogP contribution in [0.25, 0.3) is 0 Å². The summed E-state index contributed by atoms with van der Waals surface area (Å²) in [5.74, 6) is 1.26. The maximum atomic E-state index is 6.03. The lowest BCUT2D eigenvalue weighted by atomic mass is 10.2. The molecule has 2 aromatic carbocycles. The third-order valence-corrected chi connectivity index (χ3v) is 4.58. The number of para-hydroxylation sites is 1. The maximum Gasteiger partial charge on any atom is 0.203 e. The molecule has 0 amide bonds. The van der Waals surface area contributed by atoms with Gasteiger partial charge in [-0.1, -0.05) is 29.8 Å². The molecule has 0 atom stereocenters. The second kappa shape index (κ2) is 8.69. The Hall–Kier alpha value is -2.57. The first-order valence-corrected chi connectivity index (χ1v) is 9.17. The largest absolute Gasteiger partial charge is 0.493 e. The Balaban J connectivity index is 1.76. The van der Waals surface area contributed by atoms with Crippen molar-refractivity contribution in [3.8, 4) is 11.5 Å². The minimum absolute atomic E-state index is 0.376. The van der Waals surface area contributed by atoms with Crippen molar-refractivity contribution >= 4 is 34.3 Å². The smallest absolute Gasteiger partial charge is 0.203 e. The van der Waals surface area contributed by atoms with Crippen molar-refractivity contribution in [1.82, 2.24) is 4.98 Å². The number of hydrogen-bond acceptors (Lipinski definition) is 6. The minimum atomic E-state index is 0.376. The van der Waals surface area contributed by atoms with Crippen molar-refractivity contribution in [2.24, 2.45) is 5.10 Å². The molecule has 1 N–H and O–H groups in total. The average molecular weight is 388 g/mol. The molecule has 3 aromatic rings. The van der Waals surface area contributed by atoms with Crippen LogP contribution in [-0.4, -0.2) is 18.3 Å². The molecule has 0 fully saturated rings. The number of anilines is 1. The van der Waals surface area contributed by atoms with Gasteiger partial charge < -0.3 is 9.47 Å². The second-order valence-electron chi connectivity index (χ2n) is 5.46. The Kier molecular flexibility index (Phi) is 6.09. The van der Waals surface area contributed by atoms with Crippen molar-refractivity contribution in [2.75, 3.05) is 12.5 Å². The summed E-state index contributed by atoms with van der Waals surface area (Å²) in [4.78, 5) is 4.31. The highest BCUT2D eigenvalue weighted by molar-refractivity contribution is 7.13. The summed E-state index contributed by atoms with van der Waals surface area (Å²) < 4.78 is 11.4. The molecule has 0 saturated carbocycles. The second-order valence-corrected chi connectivity index (χ2v) is 6.76. The molecular weight excluding hydrogens is 370 g/mol. The van der Waals surface area contributed by atoms with Crippen molar-refractivity contribution in [3.63, 3.8) is 0 Å². The number of hydrogen-bond donors (Lipinski definition) is 1. The van der Waals surface area contributed by atoms with Gasteiger partial charge in [-0.05, 0) is 36.8 Å². The summed E-state index contributed by atoms with van der Waals surface area (Å²) in [6.07, 6.45) is 1.69. The molecule has 0 aliphatic carbocycles. The van der Waals surface area contributed by atoms with Gasteiger partial charge in [0, 0.05) is 16.0 Å². The molecule has 7 heteroatoms. The van der Waals surface area contributed by atoms with Crippen LogP contribution < -0.4 is 14.9 Å². The first kappa shape index (κ1) is 18.2. The minimum Gasteiger partial charge on any atom is -0.493 e. The summed E-state index contributed by atoms with van der Waals surface area (Å²) in [5.41, 5.74) is 5.65. The number of thiazole rings is 1. The van der Waals surface area contributed by atoms with Gasteiger partial charge in [-0.25, -0.2) is 4.98 Å². The topological polar surface area (TPSA) is 55.7 Å². The summed E-state index contributed by atoms with van der Waals surface area (Å²) in [6.45, 7) is 2.32. The lowest BCUT2D eigenvalue weighted by Crippen LogP contribution is -2.01. The van der Waals surface area contributed by atoms with Gasteiger partial charge in [0.15, 0.2) is 11.5 Å². The number of aromatic nitrogens is 1. The Morgan fingerprint density at radius 2 is 2.12 bits per heavy atom. The van der Waals surface area contributed by atoms with E-state index in [9.17, 15) is 0 Å². The summed E-state index contributed by atoms with van der Waals surface area (Å²) in [7, 11) is 1.61. The zero-order valence-electron chi connectivity index (χ0n) is 14.4. The van der Waals surface area contributed by atoms with Crippen LogP contribution in [0.3, 0.4) is 0 Å². The fourth-order valence-electron chi connectivity index (χ4n) is 2.29. The van der Waals surface area contributed by atoms with E-state index in [-0.39, 0.29) is 0 Å². The Labute approximate surface area is 161 Å². The lowest BCUT2D eigenvalue weighted by Gasteiger charge is -2.13. The number of rotatable bonds is 7. The number of nitrogens with zero attached hydrogens (tertiary/aromatic N) is 2. The van der Waals surface area contributed by atoms with Crippen LogP contribution in [0.5, 0.6) is 11.5 Å². The summed E-state index contributed by atoms with van der Waals surface area (Å²) in [5, 5.41) is 7.62. The van der Waals surface area contributed by atoms with E-state index in [1.165, 1.54) is 11.3 Å². The van der Waals surface area contributed by atoms with Crippen molar-refractivity contribution in [3.05, 3.63) is 69.7 Å². The van der Waals surface area contributed by atoms with E-state index in [0.29, 0.717) is 23.1 Å². The number of benzene rings is 2. The average Bonchev–Trinajstić information content (AvgIpc) is 3.05. The fourth-order valence-corrected chi connectivity index (χ4v) is 3.14. The molecule has 0 bridgehead atoms. The van der Waals surface area contributed by atoms with E-state index in [1.807, 2.05) is 54.8 Å². The van der Waals surface area contributed by atoms with Crippen LogP contribution in [0, 0.1) is 6.92 Å². The number of methoxy groups -OCH3 is 1. The van der Waals surface area contributed by atoms with E-state index in [0.717, 1.165) is 22.0 Å². The molecule has 0 saturated heterocycles. The third kappa shape index (κ3) is 4.74. The monoisotopic (exact) mass is 387 g/mol.